The summed E-state index contributed by atoms with van der Waals surface area (Å²) >= 11 is 0. The van der Waals surface area contributed by atoms with Crippen molar-refractivity contribution in [1.29, 1.82) is 0 Å². The van der Waals surface area contributed by atoms with Crippen molar-refractivity contribution in [2.75, 3.05) is 0 Å². The van der Waals surface area contributed by atoms with Gasteiger partial charge in [0.25, 0.3) is 5.91 Å². The molecule has 3 nitrogen and oxygen atoms in total. The molecule has 4 heteroatoms. The molecule has 0 bridgehead atoms. The van der Waals surface area contributed by atoms with Gasteiger partial charge in [0.15, 0.2) is 6.10 Å². The van der Waals surface area contributed by atoms with Crippen molar-refractivity contribution in [3.8, 4) is 5.75 Å². The fraction of sp³-hybridized carbons (Fsp3) is 0.350. The molecule has 2 rings (SSSR count). The Balaban J connectivity index is 2.05. The van der Waals surface area contributed by atoms with E-state index in [0.717, 1.165) is 22.4 Å². The van der Waals surface area contributed by atoms with Crippen LogP contribution in [0.5, 0.6) is 5.75 Å². The van der Waals surface area contributed by atoms with Crippen LogP contribution < -0.4 is 10.1 Å². The summed E-state index contributed by atoms with van der Waals surface area (Å²) in [6.07, 6.45) is 0.00317. The zero-order chi connectivity index (χ0) is 17.7. The van der Waals surface area contributed by atoms with Crippen LogP contribution in [0.3, 0.4) is 0 Å². The molecular weight excluding hydrogens is 305 g/mol. The lowest BCUT2D eigenvalue weighted by molar-refractivity contribution is -0.128. The summed E-state index contributed by atoms with van der Waals surface area (Å²) in [7, 11) is 0. The highest BCUT2D eigenvalue weighted by molar-refractivity contribution is 5.81. The van der Waals surface area contributed by atoms with Gasteiger partial charge in [0.2, 0.25) is 0 Å². The highest BCUT2D eigenvalue weighted by Gasteiger charge is 2.21. The van der Waals surface area contributed by atoms with Crippen LogP contribution in [0.25, 0.3) is 0 Å². The number of carbonyl (C=O) groups excluding carboxylic acids is 1. The average Bonchev–Trinajstić information content (AvgIpc) is 2.56. The summed E-state index contributed by atoms with van der Waals surface area (Å²) in [5.41, 5.74) is 3.02. The molecule has 0 radical (unpaired) electrons. The van der Waals surface area contributed by atoms with Crippen LogP contribution in [-0.2, 0) is 4.79 Å². The molecule has 2 atom stereocenters. The molecule has 0 heterocycles. The number of hydrogen-bond acceptors (Lipinski definition) is 2. The van der Waals surface area contributed by atoms with Gasteiger partial charge in [-0.05, 0) is 62.1 Å². The normalized spacial score (nSPS) is 13.2. The molecule has 0 fully saturated rings. The van der Waals surface area contributed by atoms with Crippen molar-refractivity contribution >= 4 is 5.91 Å². The Labute approximate surface area is 142 Å². The van der Waals surface area contributed by atoms with E-state index in [1.165, 1.54) is 12.1 Å². The van der Waals surface area contributed by atoms with E-state index in [0.29, 0.717) is 6.42 Å². The van der Waals surface area contributed by atoms with Gasteiger partial charge in [-0.25, -0.2) is 4.39 Å². The largest absolute Gasteiger partial charge is 0.480 e. The van der Waals surface area contributed by atoms with Crippen molar-refractivity contribution in [1.82, 2.24) is 5.32 Å². The Morgan fingerprint density at radius 2 is 1.83 bits per heavy atom. The number of ether oxygens (including phenoxy) is 1. The second kappa shape index (κ2) is 7.95. The predicted octanol–water partition coefficient (Wildman–Crippen LogP) is 4.48. The lowest BCUT2D eigenvalue weighted by atomic mass is 10.1. The van der Waals surface area contributed by atoms with Crippen LogP contribution in [0.4, 0.5) is 4.39 Å². The van der Waals surface area contributed by atoms with Crippen molar-refractivity contribution in [2.24, 2.45) is 0 Å². The first-order chi connectivity index (χ1) is 11.4. The first-order valence-electron chi connectivity index (χ1n) is 8.21. The molecule has 0 aliphatic carbocycles. The van der Waals surface area contributed by atoms with Crippen molar-refractivity contribution in [3.05, 3.63) is 65.0 Å². The molecule has 0 unspecified atom stereocenters. The van der Waals surface area contributed by atoms with Gasteiger partial charge in [-0.2, -0.15) is 0 Å². The average molecular weight is 329 g/mol. The Hall–Kier alpha value is -2.36. The summed E-state index contributed by atoms with van der Waals surface area (Å²) in [5.74, 6) is 0.267. The number of hydrogen-bond donors (Lipinski definition) is 1. The summed E-state index contributed by atoms with van der Waals surface area (Å²) in [4.78, 5) is 12.5. The van der Waals surface area contributed by atoms with E-state index in [1.54, 1.807) is 12.1 Å². The summed E-state index contributed by atoms with van der Waals surface area (Å²) in [5, 5.41) is 2.93. The second-order valence-corrected chi connectivity index (χ2v) is 5.99. The molecule has 2 aromatic rings. The van der Waals surface area contributed by atoms with Gasteiger partial charge in [0, 0.05) is 0 Å². The molecule has 2 aromatic carbocycles. The van der Waals surface area contributed by atoms with E-state index in [9.17, 15) is 9.18 Å². The van der Waals surface area contributed by atoms with Gasteiger partial charge in [-0.1, -0.05) is 31.2 Å². The Bertz CT molecular complexity index is 697. The van der Waals surface area contributed by atoms with E-state index < -0.39 is 6.10 Å². The zero-order valence-electron chi connectivity index (χ0n) is 14.6. The number of amides is 1. The van der Waals surface area contributed by atoms with Crippen LogP contribution in [0, 0.1) is 19.7 Å². The molecule has 1 amide bonds. The molecular formula is C20H24FNO2. The second-order valence-electron chi connectivity index (χ2n) is 5.99. The van der Waals surface area contributed by atoms with E-state index in [-0.39, 0.29) is 17.8 Å². The van der Waals surface area contributed by atoms with Gasteiger partial charge in [-0.15, -0.1) is 0 Å². The van der Waals surface area contributed by atoms with Crippen LogP contribution in [0.15, 0.2) is 42.5 Å². The number of nitrogens with one attached hydrogen (secondary N) is 1. The maximum Gasteiger partial charge on any atom is 0.261 e. The molecule has 1 N–H and O–H groups in total. The lowest BCUT2D eigenvalue weighted by Gasteiger charge is -2.22. The van der Waals surface area contributed by atoms with Crippen LogP contribution >= 0.6 is 0 Å². The maximum atomic E-state index is 13.0. The van der Waals surface area contributed by atoms with Gasteiger partial charge in [0.1, 0.15) is 11.6 Å². The van der Waals surface area contributed by atoms with Crippen molar-refractivity contribution in [3.63, 3.8) is 0 Å². The van der Waals surface area contributed by atoms with E-state index in [1.807, 2.05) is 45.9 Å². The third-order valence-electron chi connectivity index (χ3n) is 4.22. The van der Waals surface area contributed by atoms with Gasteiger partial charge < -0.3 is 10.1 Å². The number of halogens is 1. The molecule has 24 heavy (non-hydrogen) atoms. The topological polar surface area (TPSA) is 38.3 Å². The number of aryl methyl sites for hydroxylation is 1. The first-order valence-corrected chi connectivity index (χ1v) is 8.21. The molecule has 0 spiro atoms. The van der Waals surface area contributed by atoms with Crippen LogP contribution in [-0.4, -0.2) is 12.0 Å². The van der Waals surface area contributed by atoms with E-state index in [2.05, 4.69) is 5.32 Å². The third-order valence-corrected chi connectivity index (χ3v) is 4.22. The minimum Gasteiger partial charge on any atom is -0.480 e. The monoisotopic (exact) mass is 329 g/mol. The van der Waals surface area contributed by atoms with E-state index in [4.69, 9.17) is 4.74 Å². The minimum atomic E-state index is -0.562. The van der Waals surface area contributed by atoms with Gasteiger partial charge in [-0.3, -0.25) is 4.79 Å². The Kier molecular flexibility index (Phi) is 5.96. The summed E-state index contributed by atoms with van der Waals surface area (Å²) < 4.78 is 18.9. The van der Waals surface area contributed by atoms with Gasteiger partial charge in [0.05, 0.1) is 6.04 Å². The zero-order valence-corrected chi connectivity index (χ0v) is 14.6. The van der Waals surface area contributed by atoms with Crippen LogP contribution in [0.1, 0.15) is 43.0 Å². The number of rotatable bonds is 6. The quantitative estimate of drug-likeness (QED) is 0.849. The fourth-order valence-corrected chi connectivity index (χ4v) is 2.47. The predicted molar refractivity (Wildman–Crippen MR) is 93.6 cm³/mol. The van der Waals surface area contributed by atoms with Gasteiger partial charge >= 0.3 is 0 Å². The highest BCUT2D eigenvalue weighted by Crippen LogP contribution is 2.23. The first kappa shape index (κ1) is 18.0. The summed E-state index contributed by atoms with van der Waals surface area (Å²) in [6.45, 7) is 7.78. The smallest absolute Gasteiger partial charge is 0.261 e. The van der Waals surface area contributed by atoms with Crippen molar-refractivity contribution in [2.45, 2.75) is 46.3 Å². The SMILES string of the molecule is CC[C@H](Oc1cccc(C)c1C)C(=O)N[C@H](C)c1ccc(F)cc1. The Morgan fingerprint density at radius 3 is 2.46 bits per heavy atom. The lowest BCUT2D eigenvalue weighted by Crippen LogP contribution is -2.39. The van der Waals surface area contributed by atoms with Crippen LogP contribution in [0.2, 0.25) is 0 Å². The third kappa shape index (κ3) is 4.34. The molecule has 0 saturated heterocycles. The van der Waals surface area contributed by atoms with E-state index >= 15 is 0 Å². The maximum absolute atomic E-state index is 13.0. The highest BCUT2D eigenvalue weighted by atomic mass is 19.1. The molecule has 0 aromatic heterocycles. The standard InChI is InChI=1S/C20H24FNO2/c1-5-18(24-19-8-6-7-13(2)14(19)3)20(23)22-15(4)16-9-11-17(21)12-10-16/h6-12,15,18H,5H2,1-4H3,(H,22,23)/t15-,18+/m1/s1. The number of benzene rings is 2. The molecule has 128 valence electrons. The summed E-state index contributed by atoms with van der Waals surface area (Å²) in [6, 6.07) is 11.7. The fourth-order valence-electron chi connectivity index (χ4n) is 2.47. The minimum absolute atomic E-state index is 0.171. The Morgan fingerprint density at radius 1 is 1.17 bits per heavy atom. The molecule has 0 aliphatic rings. The van der Waals surface area contributed by atoms with Crippen molar-refractivity contribution < 1.29 is 13.9 Å². The number of carbonyl (C=O) groups is 1. The molecule has 0 aliphatic heterocycles. The molecule has 0 saturated carbocycles.